The summed E-state index contributed by atoms with van der Waals surface area (Å²) < 4.78 is 0. The maximum Gasteiger partial charge on any atom is 0.315 e. The van der Waals surface area contributed by atoms with E-state index in [-0.39, 0.29) is 12.1 Å². The topological polar surface area (TPSA) is 81.7 Å². The first-order chi connectivity index (χ1) is 9.91. The van der Waals surface area contributed by atoms with Crippen LogP contribution in [0.2, 0.25) is 0 Å². The van der Waals surface area contributed by atoms with Gasteiger partial charge in [0.1, 0.15) is 0 Å². The van der Waals surface area contributed by atoms with Crippen LogP contribution in [-0.4, -0.2) is 54.7 Å². The highest BCUT2D eigenvalue weighted by atomic mass is 16.4. The third kappa shape index (κ3) is 3.87. The van der Waals surface area contributed by atoms with Gasteiger partial charge in [-0.3, -0.25) is 4.79 Å². The minimum absolute atomic E-state index is 0.234. The maximum atomic E-state index is 12.0. The number of likely N-dealkylation sites (tertiary alicyclic amines) is 1. The first-order valence-electron chi connectivity index (χ1n) is 7.88. The van der Waals surface area contributed by atoms with Gasteiger partial charge in [-0.1, -0.05) is 6.42 Å². The van der Waals surface area contributed by atoms with Crippen molar-refractivity contribution in [3.05, 3.63) is 0 Å². The van der Waals surface area contributed by atoms with E-state index in [1.165, 1.54) is 6.42 Å². The van der Waals surface area contributed by atoms with Gasteiger partial charge in [0.05, 0.1) is 5.41 Å². The van der Waals surface area contributed by atoms with Crippen LogP contribution < -0.4 is 10.6 Å². The van der Waals surface area contributed by atoms with Gasteiger partial charge in [0, 0.05) is 19.1 Å². The molecule has 0 aromatic heterocycles. The van der Waals surface area contributed by atoms with Gasteiger partial charge < -0.3 is 20.6 Å². The number of nitrogens with zero attached hydrogens (tertiary/aromatic N) is 1. The molecule has 2 rings (SSSR count). The lowest BCUT2D eigenvalue weighted by atomic mass is 9.85. The van der Waals surface area contributed by atoms with Crippen molar-refractivity contribution in [1.29, 1.82) is 0 Å². The van der Waals surface area contributed by atoms with Crippen LogP contribution in [0.5, 0.6) is 0 Å². The van der Waals surface area contributed by atoms with E-state index in [4.69, 9.17) is 0 Å². The van der Waals surface area contributed by atoms with Gasteiger partial charge in [-0.2, -0.15) is 0 Å². The Labute approximate surface area is 126 Å². The van der Waals surface area contributed by atoms with Crippen LogP contribution in [0.4, 0.5) is 4.79 Å². The van der Waals surface area contributed by atoms with Crippen LogP contribution in [0.15, 0.2) is 0 Å². The molecule has 0 aromatic rings. The molecule has 1 heterocycles. The summed E-state index contributed by atoms with van der Waals surface area (Å²) >= 11 is 0. The highest BCUT2D eigenvalue weighted by Gasteiger charge is 2.45. The normalized spacial score (nSPS) is 33.6. The maximum absolute atomic E-state index is 12.0. The van der Waals surface area contributed by atoms with Crippen molar-refractivity contribution in [3.63, 3.8) is 0 Å². The second-order valence-corrected chi connectivity index (χ2v) is 6.79. The number of carbonyl (C=O) groups excluding carboxylic acids is 1. The summed E-state index contributed by atoms with van der Waals surface area (Å²) in [5, 5.41) is 15.1. The Bertz CT molecular complexity index is 402. The monoisotopic (exact) mass is 297 g/mol. The average Bonchev–Trinajstić information content (AvgIpc) is 2.79. The molecular weight excluding hydrogens is 270 g/mol. The molecule has 6 nitrogen and oxygen atoms in total. The zero-order valence-corrected chi connectivity index (χ0v) is 13.0. The van der Waals surface area contributed by atoms with Crippen molar-refractivity contribution in [3.8, 4) is 0 Å². The fourth-order valence-corrected chi connectivity index (χ4v) is 3.54. The fraction of sp³-hybridized carbons (Fsp3) is 0.867. The van der Waals surface area contributed by atoms with Crippen LogP contribution in [0.25, 0.3) is 0 Å². The molecular formula is C15H27N3O3. The van der Waals surface area contributed by atoms with Gasteiger partial charge >= 0.3 is 12.0 Å². The van der Waals surface area contributed by atoms with E-state index >= 15 is 0 Å². The number of nitrogens with one attached hydrogen (secondary N) is 2. The second kappa shape index (κ2) is 6.64. The molecule has 3 N–H and O–H groups in total. The molecule has 120 valence electrons. The molecule has 0 aromatic carbocycles. The number of carboxylic acids is 1. The van der Waals surface area contributed by atoms with E-state index in [9.17, 15) is 14.7 Å². The minimum atomic E-state index is -0.831. The summed E-state index contributed by atoms with van der Waals surface area (Å²) in [6.07, 6.45) is 4.52. The number of carboxylic acid groups (broad SMARTS) is 1. The molecule has 0 spiro atoms. The van der Waals surface area contributed by atoms with Crippen molar-refractivity contribution < 1.29 is 14.7 Å². The lowest BCUT2D eigenvalue weighted by molar-refractivity contribution is -0.148. The number of hydrogen-bond donors (Lipinski definition) is 3. The third-order valence-corrected chi connectivity index (χ3v) is 5.03. The summed E-state index contributed by atoms with van der Waals surface area (Å²) in [5.74, 6) is -0.330. The van der Waals surface area contributed by atoms with Crippen LogP contribution in [-0.2, 0) is 4.79 Å². The number of amides is 2. The van der Waals surface area contributed by atoms with Gasteiger partial charge in [-0.15, -0.1) is 0 Å². The van der Waals surface area contributed by atoms with E-state index in [0.717, 1.165) is 32.4 Å². The molecule has 21 heavy (non-hydrogen) atoms. The predicted octanol–water partition coefficient (Wildman–Crippen LogP) is 1.27. The van der Waals surface area contributed by atoms with Crippen LogP contribution in [0, 0.1) is 11.3 Å². The van der Waals surface area contributed by atoms with Gasteiger partial charge in [0.25, 0.3) is 0 Å². The van der Waals surface area contributed by atoms with Crippen molar-refractivity contribution >= 4 is 12.0 Å². The standard InChI is InChI=1S/C15H27N3O3/c1-15(13(19)20)7-3-6-12(15)17-14(21)16-9-11-5-4-8-18(2)10-11/h11-12H,3-10H2,1-2H3,(H,19,20)(H2,16,17,21). The molecule has 3 atom stereocenters. The van der Waals surface area contributed by atoms with Gasteiger partial charge in [-0.25, -0.2) is 4.79 Å². The summed E-state index contributed by atoms with van der Waals surface area (Å²) in [7, 11) is 2.10. The predicted molar refractivity (Wildman–Crippen MR) is 80.1 cm³/mol. The molecule has 3 unspecified atom stereocenters. The zero-order valence-electron chi connectivity index (χ0n) is 13.0. The minimum Gasteiger partial charge on any atom is -0.481 e. The SMILES string of the molecule is CN1CCCC(CNC(=O)NC2CCCC2(C)C(=O)O)C1. The third-order valence-electron chi connectivity index (χ3n) is 5.03. The Morgan fingerprint density at radius 1 is 1.33 bits per heavy atom. The van der Waals surface area contributed by atoms with E-state index in [1.807, 2.05) is 0 Å². The summed E-state index contributed by atoms with van der Waals surface area (Å²) in [6.45, 7) is 4.52. The van der Waals surface area contributed by atoms with E-state index in [1.54, 1.807) is 6.92 Å². The Morgan fingerprint density at radius 2 is 2.10 bits per heavy atom. The molecule has 1 saturated heterocycles. The summed E-state index contributed by atoms with van der Waals surface area (Å²) in [4.78, 5) is 25.7. The smallest absolute Gasteiger partial charge is 0.315 e. The lowest BCUT2D eigenvalue weighted by Crippen LogP contribution is -2.51. The Balaban J connectivity index is 1.78. The average molecular weight is 297 g/mol. The number of aliphatic carboxylic acids is 1. The van der Waals surface area contributed by atoms with E-state index in [2.05, 4.69) is 22.6 Å². The highest BCUT2D eigenvalue weighted by Crippen LogP contribution is 2.38. The van der Waals surface area contributed by atoms with Crippen molar-refractivity contribution in [2.24, 2.45) is 11.3 Å². The number of piperidine rings is 1. The zero-order chi connectivity index (χ0) is 15.5. The first-order valence-corrected chi connectivity index (χ1v) is 7.88. The number of carbonyl (C=O) groups is 2. The molecule has 2 fully saturated rings. The van der Waals surface area contributed by atoms with Gasteiger partial charge in [0.15, 0.2) is 0 Å². The fourth-order valence-electron chi connectivity index (χ4n) is 3.54. The molecule has 0 bridgehead atoms. The Hall–Kier alpha value is -1.30. The summed E-state index contributed by atoms with van der Waals surface area (Å²) in [6, 6.07) is -0.508. The first kappa shape index (κ1) is 16.1. The number of rotatable bonds is 4. The number of urea groups is 1. The van der Waals surface area contributed by atoms with Gasteiger partial charge in [-0.05, 0) is 52.1 Å². The molecule has 6 heteroatoms. The van der Waals surface area contributed by atoms with Crippen LogP contribution >= 0.6 is 0 Å². The molecule has 1 aliphatic heterocycles. The molecule has 1 saturated carbocycles. The molecule has 2 amide bonds. The van der Waals surface area contributed by atoms with Crippen molar-refractivity contribution in [2.75, 3.05) is 26.7 Å². The molecule has 2 aliphatic rings. The highest BCUT2D eigenvalue weighted by molar-refractivity contribution is 5.79. The number of hydrogen-bond acceptors (Lipinski definition) is 3. The van der Waals surface area contributed by atoms with Crippen molar-refractivity contribution in [2.45, 2.75) is 45.1 Å². The van der Waals surface area contributed by atoms with E-state index in [0.29, 0.717) is 18.9 Å². The van der Waals surface area contributed by atoms with Crippen LogP contribution in [0.1, 0.15) is 39.0 Å². The van der Waals surface area contributed by atoms with Crippen LogP contribution in [0.3, 0.4) is 0 Å². The molecule has 1 aliphatic carbocycles. The quantitative estimate of drug-likeness (QED) is 0.730. The second-order valence-electron chi connectivity index (χ2n) is 6.79. The Kier molecular flexibility index (Phi) is 5.08. The summed E-state index contributed by atoms with van der Waals surface area (Å²) in [5.41, 5.74) is -0.831. The van der Waals surface area contributed by atoms with E-state index < -0.39 is 11.4 Å². The van der Waals surface area contributed by atoms with Gasteiger partial charge in [0.2, 0.25) is 0 Å². The Morgan fingerprint density at radius 3 is 2.76 bits per heavy atom. The lowest BCUT2D eigenvalue weighted by Gasteiger charge is -2.31. The largest absolute Gasteiger partial charge is 0.481 e. The molecule has 0 radical (unpaired) electrons. The van der Waals surface area contributed by atoms with Crippen molar-refractivity contribution in [1.82, 2.24) is 15.5 Å².